The van der Waals surface area contributed by atoms with E-state index in [1.165, 1.54) is 6.07 Å². The SMILES string of the molecule is CN1CCN(CCCOc2ccc(-c3cccc(C=N)n3)cc2C(F)(F)F)CC1. The number of hydrogen-bond donors (Lipinski definition) is 1. The molecule has 1 aliphatic heterocycles. The van der Waals surface area contributed by atoms with E-state index in [0.717, 1.165) is 45.0 Å². The fourth-order valence-corrected chi connectivity index (χ4v) is 3.27. The molecule has 0 bridgehead atoms. The van der Waals surface area contributed by atoms with E-state index in [1.54, 1.807) is 24.3 Å². The maximum Gasteiger partial charge on any atom is 0.419 e. The summed E-state index contributed by atoms with van der Waals surface area (Å²) in [7, 11) is 2.08. The lowest BCUT2D eigenvalue weighted by Gasteiger charge is -2.32. The van der Waals surface area contributed by atoms with Crippen LogP contribution in [0.2, 0.25) is 0 Å². The quantitative estimate of drug-likeness (QED) is 0.562. The van der Waals surface area contributed by atoms with Crippen LogP contribution in [-0.4, -0.2) is 67.4 Å². The van der Waals surface area contributed by atoms with Gasteiger partial charge >= 0.3 is 6.18 Å². The molecule has 0 atom stereocenters. The lowest BCUT2D eigenvalue weighted by molar-refractivity contribution is -0.138. The van der Waals surface area contributed by atoms with Crippen molar-refractivity contribution in [2.24, 2.45) is 0 Å². The van der Waals surface area contributed by atoms with Gasteiger partial charge in [-0.05, 0) is 43.8 Å². The highest BCUT2D eigenvalue weighted by molar-refractivity contribution is 5.76. The largest absolute Gasteiger partial charge is 0.493 e. The van der Waals surface area contributed by atoms with E-state index in [1.807, 2.05) is 0 Å². The van der Waals surface area contributed by atoms with Crippen LogP contribution in [0.3, 0.4) is 0 Å². The Labute approximate surface area is 168 Å². The van der Waals surface area contributed by atoms with Crippen molar-refractivity contribution < 1.29 is 17.9 Å². The summed E-state index contributed by atoms with van der Waals surface area (Å²) >= 11 is 0. The molecule has 8 heteroatoms. The van der Waals surface area contributed by atoms with E-state index in [9.17, 15) is 13.2 Å². The summed E-state index contributed by atoms with van der Waals surface area (Å²) in [4.78, 5) is 8.75. The first-order valence-corrected chi connectivity index (χ1v) is 9.59. The van der Waals surface area contributed by atoms with E-state index >= 15 is 0 Å². The number of benzene rings is 1. The fourth-order valence-electron chi connectivity index (χ4n) is 3.27. The van der Waals surface area contributed by atoms with Crippen LogP contribution in [0, 0.1) is 5.41 Å². The summed E-state index contributed by atoms with van der Waals surface area (Å²) in [5.74, 6) is -0.164. The van der Waals surface area contributed by atoms with Crippen LogP contribution in [0.4, 0.5) is 13.2 Å². The van der Waals surface area contributed by atoms with Crippen molar-refractivity contribution in [1.82, 2.24) is 14.8 Å². The first kappa shape index (κ1) is 21.3. The average molecular weight is 406 g/mol. The molecule has 1 fully saturated rings. The second-order valence-corrected chi connectivity index (χ2v) is 7.15. The van der Waals surface area contributed by atoms with Crippen molar-refractivity contribution in [3.05, 3.63) is 47.7 Å². The second-order valence-electron chi connectivity index (χ2n) is 7.15. The van der Waals surface area contributed by atoms with Crippen LogP contribution in [0.5, 0.6) is 5.75 Å². The number of alkyl halides is 3. The predicted molar refractivity (Wildman–Crippen MR) is 107 cm³/mol. The molecule has 0 unspecified atom stereocenters. The van der Waals surface area contributed by atoms with Gasteiger partial charge in [-0.15, -0.1) is 0 Å². The topological polar surface area (TPSA) is 52.5 Å². The minimum atomic E-state index is -4.53. The number of likely N-dealkylation sites (N-methyl/N-ethyl adjacent to an activating group) is 1. The van der Waals surface area contributed by atoms with Gasteiger partial charge in [-0.3, -0.25) is 0 Å². The molecule has 3 rings (SSSR count). The average Bonchev–Trinajstić information content (AvgIpc) is 2.72. The Morgan fingerprint density at radius 3 is 2.59 bits per heavy atom. The zero-order valence-corrected chi connectivity index (χ0v) is 16.4. The van der Waals surface area contributed by atoms with Gasteiger partial charge in [0, 0.05) is 44.5 Å². The number of rotatable bonds is 7. The van der Waals surface area contributed by atoms with Crippen LogP contribution in [0.1, 0.15) is 17.7 Å². The molecule has 156 valence electrons. The molecular weight excluding hydrogens is 381 g/mol. The Bertz CT molecular complexity index is 833. The van der Waals surface area contributed by atoms with Crippen LogP contribution >= 0.6 is 0 Å². The van der Waals surface area contributed by atoms with Crippen molar-refractivity contribution in [2.45, 2.75) is 12.6 Å². The summed E-state index contributed by atoms with van der Waals surface area (Å²) in [6.07, 6.45) is -2.79. The van der Waals surface area contributed by atoms with Gasteiger partial charge < -0.3 is 19.9 Å². The highest BCUT2D eigenvalue weighted by Crippen LogP contribution is 2.38. The molecule has 0 saturated carbocycles. The number of piperazine rings is 1. The van der Waals surface area contributed by atoms with E-state index < -0.39 is 11.7 Å². The molecule has 1 aliphatic rings. The molecule has 0 radical (unpaired) electrons. The van der Waals surface area contributed by atoms with E-state index in [4.69, 9.17) is 10.1 Å². The summed E-state index contributed by atoms with van der Waals surface area (Å²) < 4.78 is 46.2. The molecule has 0 aliphatic carbocycles. The van der Waals surface area contributed by atoms with Gasteiger partial charge in [-0.25, -0.2) is 4.98 Å². The third-order valence-corrected chi connectivity index (χ3v) is 4.97. The first-order chi connectivity index (χ1) is 13.9. The van der Waals surface area contributed by atoms with Crippen molar-refractivity contribution in [3.8, 4) is 17.0 Å². The molecule has 1 aromatic carbocycles. The number of nitrogens with one attached hydrogen (secondary N) is 1. The normalized spacial score (nSPS) is 16.0. The zero-order valence-electron chi connectivity index (χ0n) is 16.4. The van der Waals surface area contributed by atoms with Gasteiger partial charge in [0.1, 0.15) is 5.75 Å². The molecule has 5 nitrogen and oxygen atoms in total. The monoisotopic (exact) mass is 406 g/mol. The van der Waals surface area contributed by atoms with Gasteiger partial charge in [0.15, 0.2) is 0 Å². The molecule has 2 heterocycles. The van der Waals surface area contributed by atoms with Crippen molar-refractivity contribution in [2.75, 3.05) is 46.4 Å². The lowest BCUT2D eigenvalue weighted by atomic mass is 10.1. The Morgan fingerprint density at radius 1 is 1.14 bits per heavy atom. The number of nitrogens with zero attached hydrogens (tertiary/aromatic N) is 3. The molecule has 2 aromatic rings. The number of ether oxygens (including phenoxy) is 1. The van der Waals surface area contributed by atoms with Gasteiger partial charge in [-0.2, -0.15) is 13.2 Å². The van der Waals surface area contributed by atoms with E-state index in [2.05, 4.69) is 21.8 Å². The highest BCUT2D eigenvalue weighted by Gasteiger charge is 2.35. The molecule has 0 spiro atoms. The molecule has 1 saturated heterocycles. The molecule has 1 aromatic heterocycles. The van der Waals surface area contributed by atoms with Gasteiger partial charge in [0.2, 0.25) is 0 Å². The molecular formula is C21H25F3N4O. The van der Waals surface area contributed by atoms with Gasteiger partial charge in [0.05, 0.1) is 23.6 Å². The predicted octanol–water partition coefficient (Wildman–Crippen LogP) is 3.78. The van der Waals surface area contributed by atoms with Crippen molar-refractivity contribution in [1.29, 1.82) is 5.41 Å². The van der Waals surface area contributed by atoms with Crippen molar-refractivity contribution in [3.63, 3.8) is 0 Å². The molecule has 1 N–H and O–H groups in total. The Kier molecular flexibility index (Phi) is 6.87. The Hall–Kier alpha value is -2.45. The third kappa shape index (κ3) is 5.77. The number of hydrogen-bond acceptors (Lipinski definition) is 5. The van der Waals surface area contributed by atoms with Crippen LogP contribution in [0.15, 0.2) is 36.4 Å². The number of pyridine rings is 1. The smallest absolute Gasteiger partial charge is 0.419 e. The Morgan fingerprint density at radius 2 is 1.90 bits per heavy atom. The Balaban J connectivity index is 1.67. The van der Waals surface area contributed by atoms with E-state index in [-0.39, 0.29) is 12.4 Å². The minimum absolute atomic E-state index is 0.164. The first-order valence-electron chi connectivity index (χ1n) is 9.59. The maximum absolute atomic E-state index is 13.6. The molecule has 29 heavy (non-hydrogen) atoms. The van der Waals surface area contributed by atoms with Crippen LogP contribution < -0.4 is 4.74 Å². The zero-order chi connectivity index (χ0) is 20.9. The minimum Gasteiger partial charge on any atom is -0.493 e. The lowest BCUT2D eigenvalue weighted by Crippen LogP contribution is -2.44. The molecule has 0 amide bonds. The summed E-state index contributed by atoms with van der Waals surface area (Å²) in [6.45, 7) is 5.01. The fraction of sp³-hybridized carbons (Fsp3) is 0.429. The third-order valence-electron chi connectivity index (χ3n) is 4.97. The number of aromatic nitrogens is 1. The highest BCUT2D eigenvalue weighted by atomic mass is 19.4. The second kappa shape index (κ2) is 9.37. The summed E-state index contributed by atoms with van der Waals surface area (Å²) in [5, 5.41) is 7.26. The van der Waals surface area contributed by atoms with Crippen LogP contribution in [0.25, 0.3) is 11.3 Å². The van der Waals surface area contributed by atoms with Gasteiger partial charge in [-0.1, -0.05) is 6.07 Å². The number of halogens is 3. The van der Waals surface area contributed by atoms with Crippen molar-refractivity contribution >= 4 is 6.21 Å². The van der Waals surface area contributed by atoms with E-state index in [0.29, 0.717) is 23.4 Å². The van der Waals surface area contributed by atoms with Gasteiger partial charge in [0.25, 0.3) is 0 Å². The standard InChI is InChI=1S/C21H25F3N4O/c1-27-9-11-28(12-10-27)8-3-13-29-20-7-6-16(14-18(20)21(22,23)24)19-5-2-4-17(15-25)26-19/h2,4-7,14-15,25H,3,8-13H2,1H3. The summed E-state index contributed by atoms with van der Waals surface area (Å²) in [5.41, 5.74) is 0.306. The summed E-state index contributed by atoms with van der Waals surface area (Å²) in [6, 6.07) is 8.90. The van der Waals surface area contributed by atoms with Crippen LogP contribution in [-0.2, 0) is 6.18 Å². The maximum atomic E-state index is 13.6.